The SMILES string of the molecule is Cc1cccc(NC(=O)COc2c(Cl)cc(/C=C3/C(=O)NC(=S)N(c4ccccc4)C3=O)cc2Cl)c1. The summed E-state index contributed by atoms with van der Waals surface area (Å²) < 4.78 is 5.54. The quantitative estimate of drug-likeness (QED) is 0.257. The molecule has 10 heteroatoms. The third-order valence-electron chi connectivity index (χ3n) is 5.10. The third kappa shape index (κ3) is 5.73. The molecule has 3 aromatic carbocycles. The highest BCUT2D eigenvalue weighted by atomic mass is 35.5. The molecule has 0 atom stereocenters. The number of ether oxygens (including phenoxy) is 1. The van der Waals surface area contributed by atoms with E-state index in [0.29, 0.717) is 16.9 Å². The molecule has 36 heavy (non-hydrogen) atoms. The number of thiocarbonyl (C=S) groups is 1. The number of aryl methyl sites for hydroxylation is 1. The fourth-order valence-corrected chi connectivity index (χ4v) is 4.39. The topological polar surface area (TPSA) is 87.7 Å². The largest absolute Gasteiger partial charge is 0.481 e. The van der Waals surface area contributed by atoms with Crippen molar-refractivity contribution in [1.82, 2.24) is 5.32 Å². The molecule has 0 aromatic heterocycles. The summed E-state index contributed by atoms with van der Waals surface area (Å²) in [6.07, 6.45) is 1.36. The van der Waals surface area contributed by atoms with E-state index >= 15 is 0 Å². The number of anilines is 2. The first kappa shape index (κ1) is 25.4. The van der Waals surface area contributed by atoms with E-state index in [1.807, 2.05) is 25.1 Å². The predicted molar refractivity (Wildman–Crippen MR) is 144 cm³/mol. The number of benzene rings is 3. The monoisotopic (exact) mass is 539 g/mol. The van der Waals surface area contributed by atoms with E-state index in [1.54, 1.807) is 36.4 Å². The van der Waals surface area contributed by atoms with Crippen molar-refractivity contribution in [2.45, 2.75) is 6.92 Å². The molecule has 1 aliphatic heterocycles. The van der Waals surface area contributed by atoms with Crippen molar-refractivity contribution in [3.63, 3.8) is 0 Å². The minimum Gasteiger partial charge on any atom is -0.481 e. The lowest BCUT2D eigenvalue weighted by Crippen LogP contribution is -2.54. The minimum absolute atomic E-state index is 0.0166. The van der Waals surface area contributed by atoms with Gasteiger partial charge in [0.05, 0.1) is 15.7 Å². The van der Waals surface area contributed by atoms with Gasteiger partial charge in [0.15, 0.2) is 17.5 Å². The van der Waals surface area contributed by atoms with Crippen LogP contribution in [0.2, 0.25) is 10.0 Å². The molecule has 1 heterocycles. The Labute approximate surface area is 222 Å². The Hall–Kier alpha value is -3.72. The van der Waals surface area contributed by atoms with Crippen LogP contribution in [0.5, 0.6) is 5.75 Å². The zero-order chi connectivity index (χ0) is 25.8. The van der Waals surface area contributed by atoms with Crippen LogP contribution in [0.1, 0.15) is 11.1 Å². The molecule has 0 unspecified atom stereocenters. The molecule has 0 aliphatic carbocycles. The fraction of sp³-hybridized carbons (Fsp3) is 0.0769. The average Bonchev–Trinajstić information content (AvgIpc) is 2.82. The number of carbonyl (C=O) groups is 3. The first-order chi connectivity index (χ1) is 17.2. The molecule has 1 aliphatic rings. The molecule has 7 nitrogen and oxygen atoms in total. The number of para-hydroxylation sites is 1. The highest BCUT2D eigenvalue weighted by Gasteiger charge is 2.34. The summed E-state index contributed by atoms with van der Waals surface area (Å²) in [6, 6.07) is 19.0. The number of halogens is 2. The van der Waals surface area contributed by atoms with Gasteiger partial charge in [-0.1, -0.05) is 53.5 Å². The highest BCUT2D eigenvalue weighted by molar-refractivity contribution is 7.80. The standard InChI is InChI=1S/C26H19Cl2N3O4S/c1-15-6-5-7-17(10-15)29-22(32)14-35-23-20(27)12-16(13-21(23)28)11-19-24(33)30-26(36)31(25(19)34)18-8-3-2-4-9-18/h2-13H,14H2,1H3,(H,29,32)(H,30,33,36)/b19-11-. The van der Waals surface area contributed by atoms with Crippen LogP contribution < -0.4 is 20.3 Å². The van der Waals surface area contributed by atoms with Gasteiger partial charge < -0.3 is 10.1 Å². The highest BCUT2D eigenvalue weighted by Crippen LogP contribution is 2.35. The maximum Gasteiger partial charge on any atom is 0.270 e. The molecule has 2 N–H and O–H groups in total. The second-order valence-electron chi connectivity index (χ2n) is 7.81. The van der Waals surface area contributed by atoms with Gasteiger partial charge in [0.2, 0.25) is 0 Å². The van der Waals surface area contributed by atoms with Gasteiger partial charge in [-0.15, -0.1) is 0 Å². The molecular weight excluding hydrogens is 521 g/mol. The predicted octanol–water partition coefficient (Wildman–Crippen LogP) is 5.15. The zero-order valence-electron chi connectivity index (χ0n) is 18.9. The van der Waals surface area contributed by atoms with Gasteiger partial charge in [-0.25, -0.2) is 0 Å². The first-order valence-electron chi connectivity index (χ1n) is 10.7. The lowest BCUT2D eigenvalue weighted by atomic mass is 10.1. The summed E-state index contributed by atoms with van der Waals surface area (Å²) in [5.41, 5.74) is 2.40. The normalized spacial score (nSPS) is 14.6. The van der Waals surface area contributed by atoms with E-state index in [0.717, 1.165) is 5.56 Å². The van der Waals surface area contributed by atoms with Gasteiger partial charge in [0.1, 0.15) is 5.57 Å². The number of nitrogens with zero attached hydrogens (tertiary/aromatic N) is 1. The van der Waals surface area contributed by atoms with Crippen LogP contribution in [-0.4, -0.2) is 29.4 Å². The van der Waals surface area contributed by atoms with Crippen molar-refractivity contribution in [1.29, 1.82) is 0 Å². The van der Waals surface area contributed by atoms with E-state index in [1.165, 1.54) is 23.1 Å². The van der Waals surface area contributed by atoms with Gasteiger partial charge in [0, 0.05) is 5.69 Å². The van der Waals surface area contributed by atoms with Crippen molar-refractivity contribution in [2.75, 3.05) is 16.8 Å². The summed E-state index contributed by atoms with van der Waals surface area (Å²) in [4.78, 5) is 39.1. The number of amides is 3. The van der Waals surface area contributed by atoms with Crippen LogP contribution in [0.3, 0.4) is 0 Å². The van der Waals surface area contributed by atoms with Crippen LogP contribution in [-0.2, 0) is 14.4 Å². The van der Waals surface area contributed by atoms with E-state index in [-0.39, 0.29) is 39.0 Å². The molecule has 1 saturated heterocycles. The molecule has 3 aromatic rings. The molecule has 0 radical (unpaired) electrons. The summed E-state index contributed by atoms with van der Waals surface area (Å²) >= 11 is 17.9. The maximum atomic E-state index is 13.1. The van der Waals surface area contributed by atoms with Gasteiger partial charge >= 0.3 is 0 Å². The first-order valence-corrected chi connectivity index (χ1v) is 11.8. The van der Waals surface area contributed by atoms with Crippen molar-refractivity contribution in [2.24, 2.45) is 0 Å². The fourth-order valence-electron chi connectivity index (χ4n) is 3.49. The molecule has 0 bridgehead atoms. The van der Waals surface area contributed by atoms with Crippen LogP contribution in [0.15, 0.2) is 72.3 Å². The number of carbonyl (C=O) groups excluding carboxylic acids is 3. The lowest BCUT2D eigenvalue weighted by molar-refractivity contribution is -0.122. The van der Waals surface area contributed by atoms with Crippen molar-refractivity contribution in [3.05, 3.63) is 93.5 Å². The van der Waals surface area contributed by atoms with E-state index < -0.39 is 11.8 Å². The lowest BCUT2D eigenvalue weighted by Gasteiger charge is -2.28. The summed E-state index contributed by atoms with van der Waals surface area (Å²) in [5.74, 6) is -1.51. The Morgan fingerprint density at radius 2 is 1.75 bits per heavy atom. The molecule has 4 rings (SSSR count). The third-order valence-corrected chi connectivity index (χ3v) is 5.94. The zero-order valence-corrected chi connectivity index (χ0v) is 21.2. The van der Waals surface area contributed by atoms with Crippen LogP contribution in [0.25, 0.3) is 6.08 Å². The number of nitrogens with one attached hydrogen (secondary N) is 2. The second kappa shape index (κ2) is 10.9. The number of hydrogen-bond acceptors (Lipinski definition) is 5. The molecule has 0 spiro atoms. The Kier molecular flexibility index (Phi) is 7.69. The van der Waals surface area contributed by atoms with Gasteiger partial charge in [-0.3, -0.25) is 24.6 Å². The number of rotatable bonds is 6. The Morgan fingerprint density at radius 1 is 1.06 bits per heavy atom. The van der Waals surface area contributed by atoms with E-state index in [9.17, 15) is 14.4 Å². The molecule has 3 amide bonds. The van der Waals surface area contributed by atoms with E-state index in [4.69, 9.17) is 40.2 Å². The maximum absolute atomic E-state index is 13.1. The summed E-state index contributed by atoms with van der Waals surface area (Å²) in [6.45, 7) is 1.60. The van der Waals surface area contributed by atoms with Crippen molar-refractivity contribution >= 4 is 75.7 Å². The molecule has 0 saturated carbocycles. The molecule has 182 valence electrons. The molecular formula is C26H19Cl2N3O4S. The van der Waals surface area contributed by atoms with Crippen molar-refractivity contribution < 1.29 is 19.1 Å². The second-order valence-corrected chi connectivity index (χ2v) is 9.01. The smallest absolute Gasteiger partial charge is 0.270 e. The van der Waals surface area contributed by atoms with Crippen molar-refractivity contribution in [3.8, 4) is 5.75 Å². The number of hydrogen-bond donors (Lipinski definition) is 2. The van der Waals surface area contributed by atoms with Crippen LogP contribution in [0, 0.1) is 6.92 Å². The molecule has 1 fully saturated rings. The van der Waals surface area contributed by atoms with Gasteiger partial charge in [-0.2, -0.15) is 0 Å². The van der Waals surface area contributed by atoms with E-state index in [2.05, 4.69) is 10.6 Å². The minimum atomic E-state index is -0.641. The Balaban J connectivity index is 1.51. The Morgan fingerprint density at radius 3 is 2.42 bits per heavy atom. The van der Waals surface area contributed by atoms with Gasteiger partial charge in [-0.05, 0) is 72.7 Å². The van der Waals surface area contributed by atoms with Gasteiger partial charge in [0.25, 0.3) is 17.7 Å². The Bertz CT molecular complexity index is 1390. The summed E-state index contributed by atoms with van der Waals surface area (Å²) in [5, 5.41) is 5.45. The van der Waals surface area contributed by atoms with Crippen LogP contribution >= 0.6 is 35.4 Å². The summed E-state index contributed by atoms with van der Waals surface area (Å²) in [7, 11) is 0. The van der Waals surface area contributed by atoms with Crippen LogP contribution in [0.4, 0.5) is 11.4 Å². The average molecular weight is 540 g/mol.